The van der Waals surface area contributed by atoms with Crippen molar-refractivity contribution in [3.8, 4) is 11.5 Å². The number of urea groups is 1. The number of nitrogens with zero attached hydrogens (tertiary/aromatic N) is 1. The van der Waals surface area contributed by atoms with Crippen molar-refractivity contribution in [2.45, 2.75) is 6.42 Å². The molecule has 2 N–H and O–H groups in total. The number of methoxy groups -OCH3 is 1. The lowest BCUT2D eigenvalue weighted by Gasteiger charge is -2.11. The third-order valence-corrected chi connectivity index (χ3v) is 3.26. The van der Waals surface area contributed by atoms with Gasteiger partial charge in [0.2, 0.25) is 0 Å². The first kappa shape index (κ1) is 18.1. The third-order valence-electron chi connectivity index (χ3n) is 3.26. The minimum atomic E-state index is -0.538. The summed E-state index contributed by atoms with van der Waals surface area (Å²) in [6.45, 7) is 0.861. The lowest BCUT2D eigenvalue weighted by atomic mass is 10.2. The van der Waals surface area contributed by atoms with E-state index in [1.54, 1.807) is 0 Å². The molecule has 0 saturated heterocycles. The van der Waals surface area contributed by atoms with Gasteiger partial charge in [-0.05, 0) is 24.6 Å². The maximum absolute atomic E-state index is 11.9. The third kappa shape index (κ3) is 5.69. The van der Waals surface area contributed by atoms with Crippen LogP contribution in [-0.4, -0.2) is 31.2 Å². The second-order valence-corrected chi connectivity index (χ2v) is 5.04. The average Bonchev–Trinajstić information content (AvgIpc) is 2.62. The van der Waals surface area contributed by atoms with Crippen molar-refractivity contribution in [3.05, 3.63) is 58.6 Å². The van der Waals surface area contributed by atoms with Gasteiger partial charge in [0.15, 0.2) is 0 Å². The molecule has 2 aromatic carbocycles. The first-order valence-electron chi connectivity index (χ1n) is 7.65. The number of nitro groups is 1. The molecule has 0 aliphatic rings. The molecule has 0 spiro atoms. The Morgan fingerprint density at radius 1 is 1.20 bits per heavy atom. The molecule has 0 unspecified atom stereocenters. The maximum Gasteiger partial charge on any atom is 0.319 e. The Morgan fingerprint density at radius 2 is 1.96 bits per heavy atom. The summed E-state index contributed by atoms with van der Waals surface area (Å²) >= 11 is 0. The first-order chi connectivity index (χ1) is 12.1. The lowest BCUT2D eigenvalue weighted by Crippen LogP contribution is -2.30. The van der Waals surface area contributed by atoms with Crippen molar-refractivity contribution in [3.63, 3.8) is 0 Å². The van der Waals surface area contributed by atoms with E-state index < -0.39 is 11.0 Å². The van der Waals surface area contributed by atoms with Gasteiger partial charge in [-0.2, -0.15) is 0 Å². The molecule has 0 aliphatic carbocycles. The molecule has 8 heteroatoms. The number of benzene rings is 2. The fraction of sp³-hybridized carbons (Fsp3) is 0.235. The molecule has 132 valence electrons. The summed E-state index contributed by atoms with van der Waals surface area (Å²) in [6.07, 6.45) is 0.619. The number of anilines is 1. The highest BCUT2D eigenvalue weighted by molar-refractivity contribution is 5.91. The number of rotatable bonds is 8. The van der Waals surface area contributed by atoms with Gasteiger partial charge in [0.1, 0.15) is 11.5 Å². The molecule has 2 rings (SSSR count). The Balaban J connectivity index is 1.78. The minimum Gasteiger partial charge on any atom is -0.495 e. The molecule has 8 nitrogen and oxygen atoms in total. The number of hydrogen-bond acceptors (Lipinski definition) is 5. The van der Waals surface area contributed by atoms with Crippen molar-refractivity contribution < 1.29 is 19.2 Å². The quantitative estimate of drug-likeness (QED) is 0.434. The van der Waals surface area contributed by atoms with Gasteiger partial charge in [-0.1, -0.05) is 18.2 Å². The van der Waals surface area contributed by atoms with Gasteiger partial charge >= 0.3 is 6.03 Å². The van der Waals surface area contributed by atoms with Gasteiger partial charge in [-0.15, -0.1) is 0 Å². The highest BCUT2D eigenvalue weighted by atomic mass is 16.6. The minimum absolute atomic E-state index is 0.132. The summed E-state index contributed by atoms with van der Waals surface area (Å²) in [5, 5.41) is 16.0. The molecule has 0 aliphatic heterocycles. The van der Waals surface area contributed by atoms with Crippen LogP contribution in [0.15, 0.2) is 48.5 Å². The number of hydrogen-bond donors (Lipinski definition) is 2. The van der Waals surface area contributed by atoms with E-state index in [0.717, 1.165) is 5.75 Å². The number of carbonyl (C=O) groups is 1. The molecule has 0 heterocycles. The van der Waals surface area contributed by atoms with E-state index in [1.807, 2.05) is 30.3 Å². The Labute approximate surface area is 144 Å². The van der Waals surface area contributed by atoms with E-state index in [-0.39, 0.29) is 11.4 Å². The van der Waals surface area contributed by atoms with Crippen LogP contribution in [0.1, 0.15) is 6.42 Å². The van der Waals surface area contributed by atoms with Crippen molar-refractivity contribution in [1.29, 1.82) is 0 Å². The molecule has 25 heavy (non-hydrogen) atoms. The number of ether oxygens (including phenoxy) is 2. The average molecular weight is 345 g/mol. The summed E-state index contributed by atoms with van der Waals surface area (Å²) in [5.41, 5.74) is 0.0992. The van der Waals surface area contributed by atoms with Crippen LogP contribution in [0.25, 0.3) is 0 Å². The number of nitrogens with one attached hydrogen (secondary N) is 2. The van der Waals surface area contributed by atoms with Gasteiger partial charge in [0.25, 0.3) is 5.69 Å². The number of carbonyl (C=O) groups excluding carboxylic acids is 1. The number of non-ortho nitro benzene ring substituents is 1. The number of para-hydroxylation sites is 1. The van der Waals surface area contributed by atoms with Crippen LogP contribution in [0.4, 0.5) is 16.2 Å². The van der Waals surface area contributed by atoms with Crippen LogP contribution in [0.3, 0.4) is 0 Å². The van der Waals surface area contributed by atoms with Gasteiger partial charge < -0.3 is 20.1 Å². The topological polar surface area (TPSA) is 103 Å². The van der Waals surface area contributed by atoms with Gasteiger partial charge in [-0.3, -0.25) is 10.1 Å². The van der Waals surface area contributed by atoms with Crippen LogP contribution in [-0.2, 0) is 0 Å². The van der Waals surface area contributed by atoms with Crippen molar-refractivity contribution in [2.75, 3.05) is 25.6 Å². The summed E-state index contributed by atoms with van der Waals surface area (Å²) in [5.74, 6) is 1.11. The summed E-state index contributed by atoms with van der Waals surface area (Å²) in [7, 11) is 1.42. The van der Waals surface area contributed by atoms with E-state index in [1.165, 1.54) is 25.3 Å². The van der Waals surface area contributed by atoms with Crippen LogP contribution in [0.2, 0.25) is 0 Å². The molecular formula is C17H19N3O5. The Bertz CT molecular complexity index is 721. The summed E-state index contributed by atoms with van der Waals surface area (Å²) in [4.78, 5) is 22.2. The molecular weight excluding hydrogens is 326 g/mol. The second kappa shape index (κ2) is 9.11. The largest absolute Gasteiger partial charge is 0.495 e. The highest BCUT2D eigenvalue weighted by Crippen LogP contribution is 2.28. The molecule has 2 aromatic rings. The molecule has 0 radical (unpaired) electrons. The Morgan fingerprint density at radius 3 is 2.64 bits per heavy atom. The van der Waals surface area contributed by atoms with E-state index in [0.29, 0.717) is 25.3 Å². The van der Waals surface area contributed by atoms with Crippen molar-refractivity contribution in [2.24, 2.45) is 0 Å². The van der Waals surface area contributed by atoms with E-state index in [2.05, 4.69) is 10.6 Å². The Hall–Kier alpha value is -3.29. The molecule has 0 aromatic heterocycles. The lowest BCUT2D eigenvalue weighted by molar-refractivity contribution is -0.384. The standard InChI is InChI=1S/C17H19N3O5/c1-24-16-9-8-13(20(22)23)12-15(16)19-17(21)18-10-5-11-25-14-6-3-2-4-7-14/h2-4,6-9,12H,5,10-11H2,1H3,(H2,18,19,21). The molecule has 0 fully saturated rings. The highest BCUT2D eigenvalue weighted by Gasteiger charge is 2.13. The molecule has 0 atom stereocenters. The molecule has 2 amide bonds. The van der Waals surface area contributed by atoms with E-state index in [4.69, 9.17) is 9.47 Å². The summed E-state index contributed by atoms with van der Waals surface area (Å²) in [6, 6.07) is 12.9. The Kier molecular flexibility index (Phi) is 6.58. The van der Waals surface area contributed by atoms with E-state index >= 15 is 0 Å². The van der Waals surface area contributed by atoms with Gasteiger partial charge in [0.05, 0.1) is 24.3 Å². The van der Waals surface area contributed by atoms with Crippen LogP contribution in [0, 0.1) is 10.1 Å². The SMILES string of the molecule is COc1ccc([N+](=O)[O-])cc1NC(=O)NCCCOc1ccccc1. The maximum atomic E-state index is 11.9. The fourth-order valence-electron chi connectivity index (χ4n) is 2.05. The van der Waals surface area contributed by atoms with Crippen LogP contribution in [0.5, 0.6) is 11.5 Å². The predicted molar refractivity (Wildman–Crippen MR) is 93.2 cm³/mol. The number of nitro benzene ring substituents is 1. The zero-order chi connectivity index (χ0) is 18.1. The molecule has 0 bridgehead atoms. The zero-order valence-electron chi connectivity index (χ0n) is 13.7. The summed E-state index contributed by atoms with van der Waals surface area (Å²) < 4.78 is 10.6. The normalized spacial score (nSPS) is 9.96. The van der Waals surface area contributed by atoms with Crippen LogP contribution >= 0.6 is 0 Å². The van der Waals surface area contributed by atoms with Gasteiger partial charge in [0, 0.05) is 18.7 Å². The van der Waals surface area contributed by atoms with Crippen molar-refractivity contribution in [1.82, 2.24) is 5.32 Å². The second-order valence-electron chi connectivity index (χ2n) is 5.04. The zero-order valence-corrected chi connectivity index (χ0v) is 13.7. The van der Waals surface area contributed by atoms with E-state index in [9.17, 15) is 14.9 Å². The van der Waals surface area contributed by atoms with Crippen LogP contribution < -0.4 is 20.1 Å². The fourth-order valence-corrected chi connectivity index (χ4v) is 2.05. The smallest absolute Gasteiger partial charge is 0.319 e. The first-order valence-corrected chi connectivity index (χ1v) is 7.65. The monoisotopic (exact) mass is 345 g/mol. The molecule has 0 saturated carbocycles. The van der Waals surface area contributed by atoms with Gasteiger partial charge in [-0.25, -0.2) is 4.79 Å². The predicted octanol–water partition coefficient (Wildman–Crippen LogP) is 3.19. The number of amides is 2. The van der Waals surface area contributed by atoms with Crippen molar-refractivity contribution >= 4 is 17.4 Å².